The first-order valence-electron chi connectivity index (χ1n) is 17.3. The molecule has 6 aromatic carbocycles. The number of carbonyl (C=O) groups is 1. The fourth-order valence-electron chi connectivity index (χ4n) is 7.45. The molecule has 4 nitrogen and oxygen atoms in total. The fourth-order valence-corrected chi connectivity index (χ4v) is 7.45. The van der Waals surface area contributed by atoms with E-state index in [4.69, 9.17) is 4.74 Å². The highest BCUT2D eigenvalue weighted by Crippen LogP contribution is 2.47. The lowest BCUT2D eigenvalue weighted by atomic mass is 9.65. The predicted molar refractivity (Wildman–Crippen MR) is 199 cm³/mol. The van der Waals surface area contributed by atoms with Crippen molar-refractivity contribution in [3.8, 4) is 16.9 Å². The number of benzene rings is 6. The maximum absolute atomic E-state index is 11.7. The number of rotatable bonds is 10. The summed E-state index contributed by atoms with van der Waals surface area (Å²) in [4.78, 5) is 13.9. The standard InChI is InChI=1S/C45H41NO3/c47-44(48)49-43-30-27-38(45(31-11-4-12-32-45)37-13-5-1-6-14-37)33-42(43)36-25-21-34(22-26-36)19-20-35-23-28-41(29-24-35)46(39-15-7-2-8-16-39)40-17-9-3-10-18-40/h1-3,5-10,13-18,21-30,33H,4,11-12,19-20,31-32H2,(H,47,48). The van der Waals surface area contributed by atoms with Crippen molar-refractivity contribution < 1.29 is 14.6 Å². The Morgan fingerprint density at radius 2 is 1.08 bits per heavy atom. The second kappa shape index (κ2) is 14.7. The maximum atomic E-state index is 11.7. The van der Waals surface area contributed by atoms with Gasteiger partial charge in [-0.2, -0.15) is 0 Å². The summed E-state index contributed by atoms with van der Waals surface area (Å²) >= 11 is 0. The van der Waals surface area contributed by atoms with Crippen molar-refractivity contribution in [1.82, 2.24) is 0 Å². The Morgan fingerprint density at radius 3 is 1.63 bits per heavy atom. The fraction of sp³-hybridized carbons (Fsp3) is 0.178. The van der Waals surface area contributed by atoms with E-state index in [0.29, 0.717) is 5.75 Å². The van der Waals surface area contributed by atoms with E-state index in [1.54, 1.807) is 0 Å². The lowest BCUT2D eigenvalue weighted by Crippen LogP contribution is -2.30. The Balaban J connectivity index is 1.11. The Hall–Kier alpha value is -5.61. The molecule has 4 heteroatoms. The van der Waals surface area contributed by atoms with Gasteiger partial charge in [0.05, 0.1) is 0 Å². The first-order valence-corrected chi connectivity index (χ1v) is 17.3. The molecule has 0 atom stereocenters. The second-order valence-electron chi connectivity index (χ2n) is 13.0. The average Bonchev–Trinajstić information content (AvgIpc) is 3.16. The number of hydrogen-bond acceptors (Lipinski definition) is 3. The summed E-state index contributed by atoms with van der Waals surface area (Å²) in [5.41, 5.74) is 10.1. The molecule has 1 N–H and O–H groups in total. The summed E-state index contributed by atoms with van der Waals surface area (Å²) in [5.74, 6) is 0.364. The molecule has 0 aliphatic heterocycles. The Bertz CT molecular complexity index is 1930. The molecule has 1 fully saturated rings. The quantitative estimate of drug-likeness (QED) is 0.119. The zero-order chi connectivity index (χ0) is 33.5. The van der Waals surface area contributed by atoms with E-state index in [0.717, 1.165) is 53.9 Å². The van der Waals surface area contributed by atoms with E-state index in [9.17, 15) is 9.90 Å². The third kappa shape index (κ3) is 7.14. The molecule has 0 saturated heterocycles. The minimum atomic E-state index is -1.30. The van der Waals surface area contributed by atoms with E-state index in [-0.39, 0.29) is 5.41 Å². The minimum Gasteiger partial charge on any atom is -0.449 e. The second-order valence-corrected chi connectivity index (χ2v) is 13.0. The maximum Gasteiger partial charge on any atom is 0.511 e. The van der Waals surface area contributed by atoms with Crippen LogP contribution in [0.5, 0.6) is 5.75 Å². The third-order valence-electron chi connectivity index (χ3n) is 9.95. The van der Waals surface area contributed by atoms with Gasteiger partial charge in [0.15, 0.2) is 0 Å². The van der Waals surface area contributed by atoms with Crippen LogP contribution in [0.15, 0.2) is 158 Å². The molecule has 49 heavy (non-hydrogen) atoms. The van der Waals surface area contributed by atoms with Crippen LogP contribution in [0.2, 0.25) is 0 Å². The topological polar surface area (TPSA) is 49.8 Å². The van der Waals surface area contributed by atoms with Gasteiger partial charge < -0.3 is 14.7 Å². The van der Waals surface area contributed by atoms with E-state index in [1.165, 1.54) is 41.5 Å². The van der Waals surface area contributed by atoms with Crippen LogP contribution in [-0.2, 0) is 18.3 Å². The number of para-hydroxylation sites is 2. The van der Waals surface area contributed by atoms with Gasteiger partial charge in [0, 0.05) is 28.0 Å². The van der Waals surface area contributed by atoms with Crippen LogP contribution in [0, 0.1) is 0 Å². The van der Waals surface area contributed by atoms with Gasteiger partial charge >= 0.3 is 6.16 Å². The lowest BCUT2D eigenvalue weighted by molar-refractivity contribution is 0.144. The van der Waals surface area contributed by atoms with Gasteiger partial charge in [-0.25, -0.2) is 4.79 Å². The highest BCUT2D eigenvalue weighted by Gasteiger charge is 2.36. The summed E-state index contributed by atoms with van der Waals surface area (Å²) in [6.07, 6.45) is 6.25. The molecule has 0 radical (unpaired) electrons. The highest BCUT2D eigenvalue weighted by atomic mass is 16.7. The number of anilines is 3. The van der Waals surface area contributed by atoms with Crippen molar-refractivity contribution >= 4 is 23.2 Å². The molecule has 0 heterocycles. The molecule has 0 unspecified atom stereocenters. The van der Waals surface area contributed by atoms with Crippen LogP contribution >= 0.6 is 0 Å². The molecule has 1 aliphatic carbocycles. The first-order chi connectivity index (χ1) is 24.1. The van der Waals surface area contributed by atoms with Crippen molar-refractivity contribution in [2.24, 2.45) is 0 Å². The smallest absolute Gasteiger partial charge is 0.449 e. The molecule has 244 valence electrons. The number of aryl methyl sites for hydroxylation is 2. The van der Waals surface area contributed by atoms with Crippen LogP contribution in [0.4, 0.5) is 21.9 Å². The molecule has 1 saturated carbocycles. The van der Waals surface area contributed by atoms with Gasteiger partial charge in [-0.05, 0) is 102 Å². The zero-order valence-electron chi connectivity index (χ0n) is 27.7. The zero-order valence-corrected chi connectivity index (χ0v) is 27.7. The molecule has 6 aromatic rings. The third-order valence-corrected chi connectivity index (χ3v) is 9.95. The molecular weight excluding hydrogens is 602 g/mol. The summed E-state index contributed by atoms with van der Waals surface area (Å²) < 4.78 is 5.31. The van der Waals surface area contributed by atoms with Crippen molar-refractivity contribution in [1.29, 1.82) is 0 Å². The van der Waals surface area contributed by atoms with Crippen LogP contribution in [-0.4, -0.2) is 11.3 Å². The molecular formula is C45H41NO3. The van der Waals surface area contributed by atoms with E-state index in [1.807, 2.05) is 18.2 Å². The summed E-state index contributed by atoms with van der Waals surface area (Å²) in [6.45, 7) is 0. The average molecular weight is 644 g/mol. The van der Waals surface area contributed by atoms with Crippen LogP contribution in [0.3, 0.4) is 0 Å². The van der Waals surface area contributed by atoms with Crippen molar-refractivity contribution in [2.75, 3.05) is 4.90 Å². The minimum absolute atomic E-state index is 0.0925. The monoisotopic (exact) mass is 643 g/mol. The van der Waals surface area contributed by atoms with E-state index >= 15 is 0 Å². The van der Waals surface area contributed by atoms with Gasteiger partial charge in [-0.3, -0.25) is 0 Å². The van der Waals surface area contributed by atoms with Gasteiger partial charge in [0.1, 0.15) is 5.75 Å². The molecule has 7 rings (SSSR count). The Labute approximate surface area is 289 Å². The predicted octanol–water partition coefficient (Wildman–Crippen LogP) is 11.9. The Kier molecular flexibility index (Phi) is 9.56. The number of nitrogens with zero attached hydrogens (tertiary/aromatic N) is 1. The largest absolute Gasteiger partial charge is 0.511 e. The molecule has 0 bridgehead atoms. The number of ether oxygens (including phenoxy) is 1. The van der Waals surface area contributed by atoms with Crippen LogP contribution in [0.25, 0.3) is 11.1 Å². The normalized spacial score (nSPS) is 13.8. The number of hydrogen-bond donors (Lipinski definition) is 1. The van der Waals surface area contributed by atoms with Gasteiger partial charge in [0.25, 0.3) is 0 Å². The summed E-state index contributed by atoms with van der Waals surface area (Å²) in [7, 11) is 0. The number of carboxylic acid groups (broad SMARTS) is 1. The molecule has 1 aliphatic rings. The van der Waals surface area contributed by atoms with Gasteiger partial charge in [0.2, 0.25) is 0 Å². The summed E-state index contributed by atoms with van der Waals surface area (Å²) in [5, 5.41) is 9.55. The van der Waals surface area contributed by atoms with Gasteiger partial charge in [-0.1, -0.05) is 128 Å². The lowest BCUT2D eigenvalue weighted by Gasteiger charge is -2.39. The van der Waals surface area contributed by atoms with Crippen molar-refractivity contribution in [2.45, 2.75) is 50.4 Å². The van der Waals surface area contributed by atoms with E-state index in [2.05, 4.69) is 144 Å². The van der Waals surface area contributed by atoms with E-state index < -0.39 is 6.16 Å². The Morgan fingerprint density at radius 1 is 0.571 bits per heavy atom. The molecule has 0 spiro atoms. The van der Waals surface area contributed by atoms with Gasteiger partial charge in [-0.15, -0.1) is 0 Å². The van der Waals surface area contributed by atoms with Crippen molar-refractivity contribution in [3.05, 3.63) is 180 Å². The van der Waals surface area contributed by atoms with Crippen LogP contribution < -0.4 is 9.64 Å². The highest BCUT2D eigenvalue weighted by molar-refractivity contribution is 5.77. The molecule has 0 aromatic heterocycles. The SMILES string of the molecule is O=C(O)Oc1ccc(C2(c3ccccc3)CCCCC2)cc1-c1ccc(CCc2ccc(N(c3ccccc3)c3ccccc3)cc2)cc1. The first kappa shape index (κ1) is 32.0. The van der Waals surface area contributed by atoms with Crippen molar-refractivity contribution in [3.63, 3.8) is 0 Å². The van der Waals surface area contributed by atoms with Crippen LogP contribution in [0.1, 0.15) is 54.4 Å². The molecule has 0 amide bonds. The summed E-state index contributed by atoms with van der Waals surface area (Å²) in [6, 6.07) is 55.1.